The van der Waals surface area contributed by atoms with Crippen LogP contribution in [0.1, 0.15) is 67.7 Å². The van der Waals surface area contributed by atoms with Gasteiger partial charge < -0.3 is 0 Å². The molecule has 0 saturated heterocycles. The van der Waals surface area contributed by atoms with E-state index >= 15 is 0 Å². The van der Waals surface area contributed by atoms with Crippen LogP contribution in [0.2, 0.25) is 0 Å². The van der Waals surface area contributed by atoms with Gasteiger partial charge in [0.25, 0.3) is 0 Å². The van der Waals surface area contributed by atoms with E-state index in [1.54, 1.807) is 36.1 Å². The van der Waals surface area contributed by atoms with Gasteiger partial charge in [0.1, 0.15) is 0 Å². The molecule has 1 aliphatic carbocycles. The smallest absolute Gasteiger partial charge is 0 e. The fourth-order valence-electron chi connectivity index (χ4n) is 1.84. The molecule has 0 saturated carbocycles. The second-order valence-electron chi connectivity index (χ2n) is 5.84. The zero-order valence-electron chi connectivity index (χ0n) is 15.7. The van der Waals surface area contributed by atoms with Gasteiger partial charge >= 0.3 is 104 Å². The summed E-state index contributed by atoms with van der Waals surface area (Å²) in [6, 6.07) is 0. The van der Waals surface area contributed by atoms with Crippen LogP contribution in [0.3, 0.4) is 0 Å². The summed E-state index contributed by atoms with van der Waals surface area (Å²) in [4.78, 5) is 0. The molecule has 1 aliphatic rings. The summed E-state index contributed by atoms with van der Waals surface area (Å²) in [5.74, 6) is 1.44. The standard InChI is InChI=1S/C11H18.C5H7.C3H5.3W.Y/c1-5-10-6-9(4)11(7-10)8(2)3;1-4-5(2)3;1-3-2;;;;/h7-8H,5-6H2,1-4H3;5H,2-3H3;3H2,1H3;;;;/q;2*-1;;;;. The van der Waals surface area contributed by atoms with E-state index in [1.165, 1.54) is 55.4 Å². The quantitative estimate of drug-likeness (QED) is 0.345. The van der Waals surface area contributed by atoms with Crippen molar-refractivity contribution in [3.05, 3.63) is 22.8 Å². The van der Waals surface area contributed by atoms with Gasteiger partial charge in [-0.25, -0.2) is 0 Å². The van der Waals surface area contributed by atoms with Crippen molar-refractivity contribution in [3.8, 4) is 0 Å². The largest absolute Gasteiger partial charge is 0 e. The molecule has 1 radical (unpaired) electrons. The predicted octanol–water partition coefficient (Wildman–Crippen LogP) is 4.91. The molecule has 0 aromatic carbocycles. The molecule has 0 fully saturated rings. The Morgan fingerprint density at radius 1 is 1.17 bits per heavy atom. The van der Waals surface area contributed by atoms with Gasteiger partial charge in [0.15, 0.2) is 0 Å². The molecule has 0 spiro atoms. The molecule has 0 aromatic heterocycles. The van der Waals surface area contributed by atoms with Gasteiger partial charge in [-0.2, -0.15) is 0 Å². The van der Waals surface area contributed by atoms with Crippen LogP contribution in [-0.4, -0.2) is 12.7 Å². The molecule has 4 heteroatoms. The van der Waals surface area contributed by atoms with Gasteiger partial charge in [-0.3, -0.25) is 0 Å². The molecule has 129 valence electrons. The van der Waals surface area contributed by atoms with Gasteiger partial charge in [0.2, 0.25) is 0 Å². The van der Waals surface area contributed by atoms with E-state index in [4.69, 9.17) is 0 Å². The maximum Gasteiger partial charge on any atom is 0 e. The Hall–Kier alpha value is 2.26. The third-order valence-electron chi connectivity index (χ3n) is 3.19. The minimum atomic E-state index is 0. The van der Waals surface area contributed by atoms with E-state index in [0.717, 1.165) is 12.3 Å². The van der Waals surface area contributed by atoms with Gasteiger partial charge in [0.05, 0.1) is 0 Å². The van der Waals surface area contributed by atoms with E-state index in [0.29, 0.717) is 5.92 Å². The molecule has 1 rings (SSSR count). The van der Waals surface area contributed by atoms with Crippen LogP contribution in [0, 0.1) is 11.8 Å². The first kappa shape index (κ1) is 30.0. The van der Waals surface area contributed by atoms with E-state index in [2.05, 4.69) is 63.3 Å². The van der Waals surface area contributed by atoms with Crippen LogP contribution in [0.15, 0.2) is 22.8 Å². The molecular formula is C19H30W3Y-2. The Labute approximate surface area is 203 Å². The maximum atomic E-state index is 3.20. The van der Waals surface area contributed by atoms with Crippen molar-refractivity contribution < 1.29 is 90.8 Å². The van der Waals surface area contributed by atoms with Crippen LogP contribution in [0.25, 0.3) is 0 Å². The second kappa shape index (κ2) is 19.0. The third kappa shape index (κ3) is 16.2. The van der Waals surface area contributed by atoms with Crippen molar-refractivity contribution in [1.82, 2.24) is 0 Å². The summed E-state index contributed by atoms with van der Waals surface area (Å²) in [6.45, 7) is 15.5. The summed E-state index contributed by atoms with van der Waals surface area (Å²) in [5.41, 5.74) is 4.75. The van der Waals surface area contributed by atoms with Crippen LogP contribution in [-0.2, 0) is 90.8 Å². The fraction of sp³-hybridized carbons (Fsp3) is 0.632. The zero-order valence-corrected chi connectivity index (χ0v) is 27.3. The van der Waals surface area contributed by atoms with E-state index in [1.807, 2.05) is 0 Å². The number of hydrogen-bond acceptors (Lipinski definition) is 0. The zero-order chi connectivity index (χ0) is 17.7. The Morgan fingerprint density at radius 2 is 1.65 bits per heavy atom. The first-order chi connectivity index (χ1) is 10.2. The Balaban J connectivity index is -0.000000290. The Kier molecular flexibility index (Phi) is 24.8. The van der Waals surface area contributed by atoms with E-state index in [9.17, 15) is 0 Å². The molecular weight excluding hydrogens is 869 g/mol. The molecule has 0 N–H and O–H groups in total. The van der Waals surface area contributed by atoms with E-state index in [-0.39, 0.29) is 32.7 Å². The van der Waals surface area contributed by atoms with Crippen molar-refractivity contribution in [2.24, 2.45) is 11.8 Å². The fourth-order valence-corrected chi connectivity index (χ4v) is 2.69. The monoisotopic (exact) mass is 899 g/mol. The number of hydrogen-bond donors (Lipinski definition) is 0. The molecule has 23 heavy (non-hydrogen) atoms. The summed E-state index contributed by atoms with van der Waals surface area (Å²) >= 11 is 4.48. The van der Waals surface area contributed by atoms with Gasteiger partial charge in [0, 0.05) is 32.7 Å². The topological polar surface area (TPSA) is 0 Å². The molecule has 0 bridgehead atoms. The van der Waals surface area contributed by atoms with E-state index < -0.39 is 0 Å². The van der Waals surface area contributed by atoms with Crippen molar-refractivity contribution in [3.63, 3.8) is 0 Å². The van der Waals surface area contributed by atoms with Gasteiger partial charge in [-0.1, -0.05) is 38.0 Å². The first-order valence-electron chi connectivity index (χ1n) is 7.90. The minimum absolute atomic E-state index is 0. The number of rotatable bonds is 5. The van der Waals surface area contributed by atoms with Crippen molar-refractivity contribution in [2.75, 3.05) is 0 Å². The second-order valence-corrected chi connectivity index (χ2v) is 9.19. The van der Waals surface area contributed by atoms with Crippen molar-refractivity contribution in [1.29, 1.82) is 0 Å². The summed E-state index contributed by atoms with van der Waals surface area (Å²) < 4.78 is 7.68. The summed E-state index contributed by atoms with van der Waals surface area (Å²) in [5, 5.41) is 0. The average molecular weight is 899 g/mol. The predicted molar refractivity (Wildman–Crippen MR) is 90.7 cm³/mol. The SMILES string of the molecule is CC(C)[C](=[W])[C-]=[W].CCC1=CC(C(C)C)=C(C)C1.CC[C-]=[W].[Y]. The molecule has 0 nitrogen and oxygen atoms in total. The normalized spacial score (nSPS) is 12.5. The Bertz CT molecular complexity index is 418. The van der Waals surface area contributed by atoms with Crippen LogP contribution >= 0.6 is 0 Å². The Morgan fingerprint density at radius 3 is 1.78 bits per heavy atom. The molecule has 0 amide bonds. The third-order valence-corrected chi connectivity index (χ3v) is 9.09. The van der Waals surface area contributed by atoms with Crippen LogP contribution in [0.5, 0.6) is 0 Å². The summed E-state index contributed by atoms with van der Waals surface area (Å²) in [6.07, 6.45) is 5.94. The molecule has 0 unspecified atom stereocenters. The molecule has 0 aliphatic heterocycles. The minimum Gasteiger partial charge on any atom is 0 e. The van der Waals surface area contributed by atoms with Crippen molar-refractivity contribution >= 4 is 12.7 Å². The molecule has 0 atom stereocenters. The molecule has 0 heterocycles. The van der Waals surface area contributed by atoms with Gasteiger partial charge in [-0.15, -0.1) is 0 Å². The number of allylic oxidation sites excluding steroid dienone is 4. The van der Waals surface area contributed by atoms with Crippen LogP contribution in [0.4, 0.5) is 0 Å². The molecule has 0 aromatic rings. The summed E-state index contributed by atoms with van der Waals surface area (Å²) in [7, 11) is 0. The van der Waals surface area contributed by atoms with Gasteiger partial charge in [-0.05, 0) is 31.3 Å². The first-order valence-corrected chi connectivity index (χ1v) is 12.3. The maximum absolute atomic E-state index is 3.20. The average Bonchev–Trinajstić information content (AvgIpc) is 2.88. The van der Waals surface area contributed by atoms with Crippen molar-refractivity contribution in [2.45, 2.75) is 67.7 Å². The van der Waals surface area contributed by atoms with Crippen LogP contribution < -0.4 is 0 Å².